The van der Waals surface area contributed by atoms with Crippen LogP contribution in [0.25, 0.3) is 0 Å². The molecule has 1 N–H and O–H groups in total. The molecule has 1 saturated heterocycles. The van der Waals surface area contributed by atoms with Crippen LogP contribution in [0.2, 0.25) is 5.02 Å². The lowest BCUT2D eigenvalue weighted by Gasteiger charge is -2.23. The van der Waals surface area contributed by atoms with Crippen molar-refractivity contribution in [3.8, 4) is 0 Å². The Hall–Kier alpha value is -1.07. The van der Waals surface area contributed by atoms with Crippen molar-refractivity contribution >= 4 is 45.1 Å². The van der Waals surface area contributed by atoms with E-state index >= 15 is 0 Å². The minimum Gasteiger partial charge on any atom is -0.462 e. The summed E-state index contributed by atoms with van der Waals surface area (Å²) in [6.45, 7) is 0. The number of ether oxygens (including phenoxy) is 1. The third-order valence-corrected chi connectivity index (χ3v) is 5.78. The van der Waals surface area contributed by atoms with Crippen LogP contribution in [-0.2, 0) is 14.3 Å². The van der Waals surface area contributed by atoms with Crippen molar-refractivity contribution in [3.05, 3.63) is 27.7 Å². The molecule has 6 heteroatoms. The monoisotopic (exact) mass is 369 g/mol. The van der Waals surface area contributed by atoms with E-state index in [0.717, 1.165) is 17.3 Å². The fourth-order valence-corrected chi connectivity index (χ4v) is 4.89. The predicted molar refractivity (Wildman–Crippen MR) is 80.9 cm³/mol. The summed E-state index contributed by atoms with van der Waals surface area (Å²) < 4.78 is 6.21. The lowest BCUT2D eigenvalue weighted by atomic mass is 9.79. The summed E-state index contributed by atoms with van der Waals surface area (Å²) in [4.78, 5) is 24.5. The normalized spacial score (nSPS) is 35.9. The SMILES string of the molecule is O=C(Nc1ccc(Br)cc1Cl)[C@@H]1[C@@H]2C[C@@H]3[C@@H]1C(=O)O[C@H]3C2. The number of esters is 1. The summed E-state index contributed by atoms with van der Waals surface area (Å²) in [5, 5.41) is 3.35. The molecule has 2 saturated carbocycles. The minimum absolute atomic E-state index is 0.0489. The lowest BCUT2D eigenvalue weighted by Crippen LogP contribution is -2.35. The third kappa shape index (κ3) is 2.01. The van der Waals surface area contributed by atoms with Crippen molar-refractivity contribution < 1.29 is 14.3 Å². The minimum atomic E-state index is -0.277. The Bertz CT molecular complexity index is 648. The summed E-state index contributed by atoms with van der Waals surface area (Å²) in [6, 6.07) is 5.31. The van der Waals surface area contributed by atoms with Crippen molar-refractivity contribution in [2.24, 2.45) is 23.7 Å². The van der Waals surface area contributed by atoms with Crippen LogP contribution < -0.4 is 5.32 Å². The maximum Gasteiger partial charge on any atom is 0.310 e. The highest BCUT2D eigenvalue weighted by molar-refractivity contribution is 9.10. The van der Waals surface area contributed by atoms with Crippen LogP contribution in [-0.4, -0.2) is 18.0 Å². The average Bonchev–Trinajstić information content (AvgIpc) is 3.02. The summed E-state index contributed by atoms with van der Waals surface area (Å²) in [6.07, 6.45) is 1.79. The number of anilines is 1. The number of hydrogen-bond acceptors (Lipinski definition) is 3. The zero-order chi connectivity index (χ0) is 14.7. The molecule has 2 bridgehead atoms. The standard InChI is InChI=1S/C15H13BrClNO3/c16-7-1-2-10(9(17)5-7)18-14(19)12-6-3-8-11(4-6)21-15(20)13(8)12/h1-2,5-6,8,11-13H,3-4H2,(H,18,19)/t6-,8+,11+,12-,13+/m1/s1. The molecule has 21 heavy (non-hydrogen) atoms. The molecule has 3 aliphatic rings. The molecule has 1 aliphatic heterocycles. The van der Waals surface area contributed by atoms with Crippen LogP contribution in [0.4, 0.5) is 5.69 Å². The quantitative estimate of drug-likeness (QED) is 0.813. The van der Waals surface area contributed by atoms with Crippen LogP contribution in [0.15, 0.2) is 22.7 Å². The van der Waals surface area contributed by atoms with Gasteiger partial charge in [0.1, 0.15) is 6.10 Å². The van der Waals surface area contributed by atoms with Crippen molar-refractivity contribution in [2.45, 2.75) is 18.9 Å². The lowest BCUT2D eigenvalue weighted by molar-refractivity contribution is -0.145. The highest BCUT2D eigenvalue weighted by Gasteiger charge is 2.63. The fraction of sp³-hybridized carbons (Fsp3) is 0.467. The van der Waals surface area contributed by atoms with Crippen molar-refractivity contribution in [3.63, 3.8) is 0 Å². The van der Waals surface area contributed by atoms with Gasteiger partial charge in [0, 0.05) is 10.4 Å². The number of hydrogen-bond donors (Lipinski definition) is 1. The van der Waals surface area contributed by atoms with Gasteiger partial charge in [0.25, 0.3) is 0 Å². The zero-order valence-electron chi connectivity index (χ0n) is 11.0. The number of amides is 1. The van der Waals surface area contributed by atoms with Gasteiger partial charge in [-0.15, -0.1) is 0 Å². The predicted octanol–water partition coefficient (Wildman–Crippen LogP) is 3.24. The number of carbonyl (C=O) groups excluding carboxylic acids is 2. The van der Waals surface area contributed by atoms with Crippen molar-refractivity contribution in [1.29, 1.82) is 0 Å². The van der Waals surface area contributed by atoms with E-state index in [1.165, 1.54) is 0 Å². The molecule has 1 heterocycles. The molecule has 4 nitrogen and oxygen atoms in total. The topological polar surface area (TPSA) is 55.4 Å². The largest absolute Gasteiger partial charge is 0.462 e. The van der Waals surface area contributed by atoms with Gasteiger partial charge in [0.05, 0.1) is 22.5 Å². The highest BCUT2D eigenvalue weighted by Crippen LogP contribution is 2.57. The zero-order valence-corrected chi connectivity index (χ0v) is 13.4. The second-order valence-corrected chi connectivity index (χ2v) is 7.36. The molecule has 1 aromatic rings. The van der Waals surface area contributed by atoms with Crippen LogP contribution in [0, 0.1) is 23.7 Å². The van der Waals surface area contributed by atoms with Gasteiger partial charge in [0.15, 0.2) is 0 Å². The van der Waals surface area contributed by atoms with Crippen LogP contribution in [0.5, 0.6) is 0 Å². The first-order valence-electron chi connectivity index (χ1n) is 7.01. The second-order valence-electron chi connectivity index (χ2n) is 6.04. The number of rotatable bonds is 2. The van der Waals surface area contributed by atoms with Gasteiger partial charge >= 0.3 is 5.97 Å². The first-order chi connectivity index (χ1) is 10.0. The van der Waals surface area contributed by atoms with Crippen LogP contribution in [0.1, 0.15) is 12.8 Å². The maximum atomic E-state index is 12.6. The van der Waals surface area contributed by atoms with E-state index in [2.05, 4.69) is 21.2 Å². The molecule has 0 radical (unpaired) electrons. The van der Waals surface area contributed by atoms with E-state index in [0.29, 0.717) is 10.7 Å². The number of halogens is 2. The maximum absolute atomic E-state index is 12.6. The van der Waals surface area contributed by atoms with Gasteiger partial charge in [-0.2, -0.15) is 0 Å². The van der Waals surface area contributed by atoms with Gasteiger partial charge in [-0.25, -0.2) is 0 Å². The molecule has 0 unspecified atom stereocenters. The molecule has 2 aliphatic carbocycles. The Balaban J connectivity index is 1.57. The first-order valence-corrected chi connectivity index (χ1v) is 8.18. The van der Waals surface area contributed by atoms with E-state index < -0.39 is 0 Å². The fourth-order valence-electron chi connectivity index (χ4n) is 4.17. The van der Waals surface area contributed by atoms with E-state index in [1.54, 1.807) is 12.1 Å². The molecular formula is C15H13BrClNO3. The first kappa shape index (κ1) is 13.6. The molecule has 1 aromatic carbocycles. The number of benzene rings is 1. The number of nitrogens with one attached hydrogen (secondary N) is 1. The van der Waals surface area contributed by atoms with Gasteiger partial charge in [-0.1, -0.05) is 27.5 Å². The number of fused-ring (bicyclic) bond motifs is 1. The van der Waals surface area contributed by atoms with Crippen LogP contribution >= 0.6 is 27.5 Å². The Morgan fingerprint density at radius 3 is 2.95 bits per heavy atom. The molecule has 0 aromatic heterocycles. The second kappa shape index (κ2) is 4.71. The number of carbonyl (C=O) groups is 2. The Morgan fingerprint density at radius 1 is 1.38 bits per heavy atom. The van der Waals surface area contributed by atoms with E-state index in [4.69, 9.17) is 16.3 Å². The van der Waals surface area contributed by atoms with E-state index in [1.807, 2.05) is 6.07 Å². The smallest absolute Gasteiger partial charge is 0.310 e. The van der Waals surface area contributed by atoms with Gasteiger partial charge in [0.2, 0.25) is 5.91 Å². The Labute approximate surface area is 135 Å². The molecule has 4 rings (SSSR count). The van der Waals surface area contributed by atoms with Gasteiger partial charge < -0.3 is 10.1 Å². The van der Waals surface area contributed by atoms with Gasteiger partial charge in [-0.3, -0.25) is 9.59 Å². The summed E-state index contributed by atoms with van der Waals surface area (Å²) in [5.74, 6) is -0.366. The molecule has 5 atom stereocenters. The van der Waals surface area contributed by atoms with Gasteiger partial charge in [-0.05, 0) is 37.0 Å². The van der Waals surface area contributed by atoms with Crippen molar-refractivity contribution in [2.75, 3.05) is 5.32 Å². The average molecular weight is 371 g/mol. The highest BCUT2D eigenvalue weighted by atomic mass is 79.9. The summed E-state index contributed by atoms with van der Waals surface area (Å²) >= 11 is 9.46. The molecule has 3 fully saturated rings. The molecule has 0 spiro atoms. The third-order valence-electron chi connectivity index (χ3n) is 4.97. The van der Waals surface area contributed by atoms with Crippen LogP contribution in [0.3, 0.4) is 0 Å². The molecular weight excluding hydrogens is 358 g/mol. The Morgan fingerprint density at radius 2 is 2.19 bits per heavy atom. The Kier molecular flexibility index (Phi) is 3.05. The van der Waals surface area contributed by atoms with E-state index in [-0.39, 0.29) is 41.7 Å². The van der Waals surface area contributed by atoms with Crippen molar-refractivity contribution in [1.82, 2.24) is 0 Å². The van der Waals surface area contributed by atoms with E-state index in [9.17, 15) is 9.59 Å². The summed E-state index contributed by atoms with van der Waals surface area (Å²) in [5.41, 5.74) is 0.579. The molecule has 1 amide bonds. The molecule has 110 valence electrons. The summed E-state index contributed by atoms with van der Waals surface area (Å²) in [7, 11) is 0.